The van der Waals surface area contributed by atoms with Gasteiger partial charge in [-0.25, -0.2) is 4.39 Å². The number of amides is 2. The van der Waals surface area contributed by atoms with Gasteiger partial charge in [0.25, 0.3) is 0 Å². The Labute approximate surface area is 116 Å². The number of benzene rings is 1. The molecule has 0 unspecified atom stereocenters. The number of carbonyl (C=O) groups excluding carboxylic acids is 2. The molecule has 2 rings (SSSR count). The van der Waals surface area contributed by atoms with Gasteiger partial charge in [-0.15, -0.1) is 0 Å². The summed E-state index contributed by atoms with van der Waals surface area (Å²) in [6.07, 6.45) is 1.39. The molecule has 0 atom stereocenters. The van der Waals surface area contributed by atoms with E-state index in [1.54, 1.807) is 0 Å². The molecule has 1 fully saturated rings. The second-order valence-electron chi connectivity index (χ2n) is 5.24. The van der Waals surface area contributed by atoms with E-state index in [0.29, 0.717) is 18.5 Å². The molecule has 5 heteroatoms. The minimum Gasteiger partial charge on any atom is -0.274 e. The molecule has 3 nitrogen and oxygen atoms in total. The number of rotatable bonds is 2. The molecule has 2 amide bonds. The van der Waals surface area contributed by atoms with Crippen LogP contribution < -0.4 is 4.90 Å². The van der Waals surface area contributed by atoms with Crippen molar-refractivity contribution in [1.29, 1.82) is 0 Å². The molecule has 19 heavy (non-hydrogen) atoms. The van der Waals surface area contributed by atoms with E-state index in [1.165, 1.54) is 12.1 Å². The summed E-state index contributed by atoms with van der Waals surface area (Å²) in [7, 11) is 0. The summed E-state index contributed by atoms with van der Waals surface area (Å²) >= 11 is 5.69. The molecule has 0 spiro atoms. The van der Waals surface area contributed by atoms with Crippen molar-refractivity contribution in [1.82, 2.24) is 0 Å². The van der Waals surface area contributed by atoms with E-state index >= 15 is 0 Å². The Morgan fingerprint density at radius 3 is 2.37 bits per heavy atom. The summed E-state index contributed by atoms with van der Waals surface area (Å²) in [6, 6.07) is 3.86. The molecule has 1 aromatic rings. The maximum absolute atomic E-state index is 13.1. The maximum atomic E-state index is 13.1. The number of anilines is 1. The van der Waals surface area contributed by atoms with Gasteiger partial charge in [0.05, 0.1) is 10.7 Å². The number of piperidine rings is 1. The summed E-state index contributed by atoms with van der Waals surface area (Å²) in [5.74, 6) is -1.09. The zero-order chi connectivity index (χ0) is 14.2. The van der Waals surface area contributed by atoms with Crippen LogP contribution in [0.1, 0.15) is 33.1 Å². The Morgan fingerprint density at radius 2 is 1.89 bits per heavy atom. The highest BCUT2D eigenvalue weighted by Crippen LogP contribution is 2.37. The van der Waals surface area contributed by atoms with Gasteiger partial charge in [0.1, 0.15) is 5.82 Å². The Balaban J connectivity index is 2.33. The van der Waals surface area contributed by atoms with Gasteiger partial charge < -0.3 is 0 Å². The van der Waals surface area contributed by atoms with Crippen molar-refractivity contribution in [2.45, 2.75) is 33.1 Å². The molecular formula is C14H15ClFNO2. The lowest BCUT2D eigenvalue weighted by Gasteiger charge is -2.36. The molecular weight excluding hydrogens is 269 g/mol. The van der Waals surface area contributed by atoms with Crippen molar-refractivity contribution in [3.8, 4) is 0 Å². The molecule has 1 aromatic carbocycles. The van der Waals surface area contributed by atoms with Gasteiger partial charge >= 0.3 is 0 Å². The number of nitrogens with zero attached hydrogens (tertiary/aromatic N) is 1. The quantitative estimate of drug-likeness (QED) is 0.779. The molecule has 102 valence electrons. The van der Waals surface area contributed by atoms with Crippen molar-refractivity contribution >= 4 is 29.1 Å². The second kappa shape index (κ2) is 4.93. The van der Waals surface area contributed by atoms with Crippen LogP contribution >= 0.6 is 11.6 Å². The molecule has 0 aromatic heterocycles. The SMILES string of the molecule is CCC1(C)CC(=O)N(c2ccc(F)c(Cl)c2)C(=O)C1. The summed E-state index contributed by atoms with van der Waals surface area (Å²) in [4.78, 5) is 25.4. The Bertz CT molecular complexity index is 526. The van der Waals surface area contributed by atoms with Gasteiger partial charge in [0, 0.05) is 12.8 Å². The van der Waals surface area contributed by atoms with Crippen LogP contribution in [0.5, 0.6) is 0 Å². The smallest absolute Gasteiger partial charge is 0.234 e. The van der Waals surface area contributed by atoms with E-state index in [1.807, 2.05) is 13.8 Å². The van der Waals surface area contributed by atoms with Gasteiger partial charge in [0.2, 0.25) is 11.8 Å². The first-order valence-corrected chi connectivity index (χ1v) is 6.55. The first-order chi connectivity index (χ1) is 8.86. The standard InChI is InChI=1S/C14H15ClFNO2/c1-3-14(2)7-12(18)17(13(19)8-14)9-4-5-11(16)10(15)6-9/h4-6H,3,7-8H2,1-2H3. The lowest BCUT2D eigenvalue weighted by atomic mass is 9.77. The summed E-state index contributed by atoms with van der Waals surface area (Å²) < 4.78 is 13.1. The fourth-order valence-corrected chi connectivity index (χ4v) is 2.43. The third kappa shape index (κ3) is 2.63. The highest BCUT2D eigenvalue weighted by Gasteiger charge is 2.40. The highest BCUT2D eigenvalue weighted by molar-refractivity contribution is 6.31. The van der Waals surface area contributed by atoms with Crippen LogP contribution in [-0.2, 0) is 9.59 Å². The van der Waals surface area contributed by atoms with Crippen LogP contribution in [-0.4, -0.2) is 11.8 Å². The molecule has 0 aliphatic carbocycles. The summed E-state index contributed by atoms with van der Waals surface area (Å²) in [5.41, 5.74) is 0.0497. The van der Waals surface area contributed by atoms with Gasteiger partial charge in [0.15, 0.2) is 0 Å². The van der Waals surface area contributed by atoms with E-state index < -0.39 is 5.82 Å². The Morgan fingerprint density at radius 1 is 1.32 bits per heavy atom. The van der Waals surface area contributed by atoms with Crippen molar-refractivity contribution in [2.24, 2.45) is 5.41 Å². The van der Waals surface area contributed by atoms with Crippen LogP contribution in [0.4, 0.5) is 10.1 Å². The first kappa shape index (κ1) is 14.0. The third-order valence-corrected chi connectivity index (χ3v) is 3.96. The number of hydrogen-bond acceptors (Lipinski definition) is 2. The van der Waals surface area contributed by atoms with E-state index in [0.717, 1.165) is 17.4 Å². The average molecular weight is 284 g/mol. The van der Waals surface area contributed by atoms with Crippen molar-refractivity contribution in [3.63, 3.8) is 0 Å². The van der Waals surface area contributed by atoms with Crippen LogP contribution in [0, 0.1) is 11.2 Å². The fraction of sp³-hybridized carbons (Fsp3) is 0.429. The minimum atomic E-state index is -0.569. The van der Waals surface area contributed by atoms with E-state index in [2.05, 4.69) is 0 Å². The Kier molecular flexibility index (Phi) is 3.63. The Hall–Kier alpha value is -1.42. The minimum absolute atomic E-state index is 0.0954. The third-order valence-electron chi connectivity index (χ3n) is 3.67. The van der Waals surface area contributed by atoms with Gasteiger partial charge in [-0.05, 0) is 30.0 Å². The highest BCUT2D eigenvalue weighted by atomic mass is 35.5. The number of imide groups is 1. The molecule has 1 aliphatic rings. The number of hydrogen-bond donors (Lipinski definition) is 0. The van der Waals surface area contributed by atoms with Crippen molar-refractivity contribution < 1.29 is 14.0 Å². The molecule has 0 radical (unpaired) electrons. The van der Waals surface area contributed by atoms with Crippen LogP contribution in [0.2, 0.25) is 5.02 Å². The van der Waals surface area contributed by atoms with Crippen LogP contribution in [0.3, 0.4) is 0 Å². The maximum Gasteiger partial charge on any atom is 0.234 e. The molecule has 0 saturated carbocycles. The normalized spacial score (nSPS) is 18.8. The zero-order valence-corrected chi connectivity index (χ0v) is 11.6. The van der Waals surface area contributed by atoms with Crippen molar-refractivity contribution in [3.05, 3.63) is 29.0 Å². The van der Waals surface area contributed by atoms with E-state index in [4.69, 9.17) is 11.6 Å². The average Bonchev–Trinajstić information content (AvgIpc) is 2.32. The molecule has 1 heterocycles. The van der Waals surface area contributed by atoms with Crippen LogP contribution in [0.25, 0.3) is 0 Å². The van der Waals surface area contributed by atoms with Gasteiger partial charge in [-0.1, -0.05) is 25.4 Å². The topological polar surface area (TPSA) is 37.4 Å². The molecule has 1 aliphatic heterocycles. The predicted octanol–water partition coefficient (Wildman–Crippen LogP) is 3.55. The van der Waals surface area contributed by atoms with E-state index in [-0.39, 0.29) is 22.3 Å². The van der Waals surface area contributed by atoms with Gasteiger partial charge in [-0.2, -0.15) is 0 Å². The number of halogens is 2. The number of carbonyl (C=O) groups is 2. The van der Waals surface area contributed by atoms with Gasteiger partial charge in [-0.3, -0.25) is 14.5 Å². The monoisotopic (exact) mass is 283 g/mol. The fourth-order valence-electron chi connectivity index (χ4n) is 2.25. The van der Waals surface area contributed by atoms with E-state index in [9.17, 15) is 14.0 Å². The lowest BCUT2D eigenvalue weighted by molar-refractivity contribution is -0.133. The summed E-state index contributed by atoms with van der Waals surface area (Å²) in [6.45, 7) is 3.89. The predicted molar refractivity (Wildman–Crippen MR) is 71.5 cm³/mol. The zero-order valence-electron chi connectivity index (χ0n) is 10.9. The van der Waals surface area contributed by atoms with Crippen molar-refractivity contribution in [2.75, 3.05) is 4.90 Å². The first-order valence-electron chi connectivity index (χ1n) is 6.17. The second-order valence-corrected chi connectivity index (χ2v) is 5.65. The molecule has 1 saturated heterocycles. The van der Waals surface area contributed by atoms with Crippen LogP contribution in [0.15, 0.2) is 18.2 Å². The molecule has 0 N–H and O–H groups in total. The lowest BCUT2D eigenvalue weighted by Crippen LogP contribution is -2.47. The molecule has 0 bridgehead atoms. The largest absolute Gasteiger partial charge is 0.274 e. The summed E-state index contributed by atoms with van der Waals surface area (Å²) in [5, 5.41) is -0.0954.